The average Bonchev–Trinajstić information content (AvgIpc) is 2.73. The van der Waals surface area contributed by atoms with Crippen LogP contribution in [0.25, 0.3) is 10.8 Å². The molecule has 8 heteroatoms. The summed E-state index contributed by atoms with van der Waals surface area (Å²) in [5.41, 5.74) is 6.91. The number of urea groups is 1. The van der Waals surface area contributed by atoms with Crippen LogP contribution >= 0.6 is 11.6 Å². The first-order valence-electron chi connectivity index (χ1n) is 9.22. The van der Waals surface area contributed by atoms with E-state index >= 15 is 0 Å². The summed E-state index contributed by atoms with van der Waals surface area (Å²) >= 11 is 5.79. The van der Waals surface area contributed by atoms with E-state index in [4.69, 9.17) is 17.3 Å². The first-order valence-corrected chi connectivity index (χ1v) is 9.60. The topological polar surface area (TPSA) is 83.3 Å². The molecule has 0 bridgehead atoms. The van der Waals surface area contributed by atoms with Crippen molar-refractivity contribution in [1.82, 2.24) is 9.88 Å². The van der Waals surface area contributed by atoms with Gasteiger partial charge in [-0.25, -0.2) is 14.2 Å². The molecular formula is C21H23ClFN5O. The van der Waals surface area contributed by atoms with Crippen LogP contribution in [0.15, 0.2) is 48.7 Å². The fraction of sp³-hybridized carbons (Fsp3) is 0.238. The van der Waals surface area contributed by atoms with Gasteiger partial charge in [-0.1, -0.05) is 35.9 Å². The van der Waals surface area contributed by atoms with E-state index < -0.39 is 5.82 Å². The minimum absolute atomic E-state index is 0.0470. The molecule has 3 aromatic rings. The third kappa shape index (κ3) is 4.58. The molecule has 1 atom stereocenters. The second-order valence-electron chi connectivity index (χ2n) is 6.67. The van der Waals surface area contributed by atoms with Gasteiger partial charge in [0, 0.05) is 43.0 Å². The molecule has 4 N–H and O–H groups in total. The van der Waals surface area contributed by atoms with Crippen LogP contribution in [0, 0.1) is 5.82 Å². The van der Waals surface area contributed by atoms with Gasteiger partial charge >= 0.3 is 6.03 Å². The maximum atomic E-state index is 13.3. The van der Waals surface area contributed by atoms with E-state index in [1.54, 1.807) is 18.1 Å². The third-order valence-electron chi connectivity index (χ3n) is 4.78. The molecular weight excluding hydrogens is 393 g/mol. The number of nitrogens with one attached hydrogen (secondary N) is 2. The van der Waals surface area contributed by atoms with Gasteiger partial charge in [-0.15, -0.1) is 0 Å². The lowest BCUT2D eigenvalue weighted by Gasteiger charge is -2.27. The van der Waals surface area contributed by atoms with Gasteiger partial charge in [0.1, 0.15) is 11.6 Å². The Bertz CT molecular complexity index is 1030. The van der Waals surface area contributed by atoms with Crippen LogP contribution in [-0.2, 0) is 0 Å². The second-order valence-corrected chi connectivity index (χ2v) is 7.08. The molecule has 0 aliphatic carbocycles. The number of amides is 2. The SMILES string of the molecule is C[C@H](c1cnc(NCCN)c2ccccc12)N(C)C(=O)Nc1ccc(F)c(Cl)c1. The first-order chi connectivity index (χ1) is 13.9. The van der Waals surface area contributed by atoms with Crippen molar-refractivity contribution in [3.63, 3.8) is 0 Å². The van der Waals surface area contributed by atoms with E-state index in [0.717, 1.165) is 22.2 Å². The lowest BCUT2D eigenvalue weighted by Crippen LogP contribution is -2.33. The number of nitrogens with two attached hydrogens (primary N) is 1. The first kappa shape index (κ1) is 20.8. The number of carbonyl (C=O) groups is 1. The quantitative estimate of drug-likeness (QED) is 0.548. The maximum Gasteiger partial charge on any atom is 0.322 e. The molecule has 2 amide bonds. The Morgan fingerprint density at radius 1 is 1.28 bits per heavy atom. The van der Waals surface area contributed by atoms with Crippen LogP contribution in [-0.4, -0.2) is 36.1 Å². The zero-order chi connectivity index (χ0) is 21.0. The standard InChI is InChI=1S/C21H23ClFN5O/c1-13(28(2)21(29)27-14-7-8-19(23)18(22)11-14)17-12-26-20(25-10-9-24)16-6-4-3-5-15(16)17/h3-8,11-13H,9-10,24H2,1-2H3,(H,25,26)(H,27,29)/t13-/m1/s1. The summed E-state index contributed by atoms with van der Waals surface area (Å²) in [4.78, 5) is 18.8. The molecule has 0 saturated heterocycles. The van der Waals surface area contributed by atoms with Gasteiger partial charge in [0.15, 0.2) is 0 Å². The predicted molar refractivity (Wildman–Crippen MR) is 116 cm³/mol. The van der Waals surface area contributed by atoms with Crippen molar-refractivity contribution in [2.75, 3.05) is 30.8 Å². The normalized spacial score (nSPS) is 11.9. The Hall–Kier alpha value is -2.90. The molecule has 0 aliphatic rings. The van der Waals surface area contributed by atoms with Crippen LogP contribution in [0.4, 0.5) is 20.7 Å². The van der Waals surface area contributed by atoms with Crippen molar-refractivity contribution in [3.8, 4) is 0 Å². The van der Waals surface area contributed by atoms with Crippen LogP contribution in [0.3, 0.4) is 0 Å². The number of fused-ring (bicyclic) bond motifs is 1. The van der Waals surface area contributed by atoms with Crippen molar-refractivity contribution in [1.29, 1.82) is 0 Å². The molecule has 0 radical (unpaired) electrons. The largest absolute Gasteiger partial charge is 0.368 e. The third-order valence-corrected chi connectivity index (χ3v) is 5.07. The van der Waals surface area contributed by atoms with Crippen molar-refractivity contribution < 1.29 is 9.18 Å². The number of hydrogen-bond acceptors (Lipinski definition) is 4. The minimum atomic E-state index is -0.535. The number of hydrogen-bond donors (Lipinski definition) is 3. The number of halogens is 2. The fourth-order valence-electron chi connectivity index (χ4n) is 3.05. The van der Waals surface area contributed by atoms with Crippen LogP contribution in [0.2, 0.25) is 5.02 Å². The van der Waals surface area contributed by atoms with Crippen molar-refractivity contribution in [2.45, 2.75) is 13.0 Å². The number of nitrogens with zero attached hydrogens (tertiary/aromatic N) is 2. The molecule has 152 valence electrons. The molecule has 29 heavy (non-hydrogen) atoms. The minimum Gasteiger partial charge on any atom is -0.368 e. The summed E-state index contributed by atoms with van der Waals surface area (Å²) in [7, 11) is 1.69. The lowest BCUT2D eigenvalue weighted by molar-refractivity contribution is 0.208. The van der Waals surface area contributed by atoms with Crippen LogP contribution < -0.4 is 16.4 Å². The van der Waals surface area contributed by atoms with Gasteiger partial charge in [0.2, 0.25) is 0 Å². The highest BCUT2D eigenvalue weighted by molar-refractivity contribution is 6.31. The maximum absolute atomic E-state index is 13.3. The zero-order valence-corrected chi connectivity index (χ0v) is 17.0. The van der Waals surface area contributed by atoms with Gasteiger partial charge in [-0.05, 0) is 30.5 Å². The summed E-state index contributed by atoms with van der Waals surface area (Å²) in [6, 6.07) is 11.3. The lowest BCUT2D eigenvalue weighted by atomic mass is 10.0. The summed E-state index contributed by atoms with van der Waals surface area (Å²) < 4.78 is 13.3. The Labute approximate surface area is 173 Å². The molecule has 0 spiro atoms. The van der Waals surface area contributed by atoms with Crippen molar-refractivity contribution in [3.05, 3.63) is 65.1 Å². The average molecular weight is 416 g/mol. The van der Waals surface area contributed by atoms with Gasteiger partial charge in [-0.3, -0.25) is 0 Å². The molecule has 1 aromatic heterocycles. The molecule has 2 aromatic carbocycles. The van der Waals surface area contributed by atoms with E-state index in [1.165, 1.54) is 18.2 Å². The molecule has 0 fully saturated rings. The Kier molecular flexibility index (Phi) is 6.51. The number of aromatic nitrogens is 1. The summed E-state index contributed by atoms with van der Waals surface area (Å²) in [5.74, 6) is 0.224. The van der Waals surface area contributed by atoms with Crippen molar-refractivity contribution in [2.24, 2.45) is 5.73 Å². The monoisotopic (exact) mass is 415 g/mol. The van der Waals surface area contributed by atoms with E-state index in [2.05, 4.69) is 15.6 Å². The van der Waals surface area contributed by atoms with Gasteiger partial charge in [-0.2, -0.15) is 0 Å². The van der Waals surface area contributed by atoms with Crippen molar-refractivity contribution >= 4 is 39.9 Å². The highest BCUT2D eigenvalue weighted by atomic mass is 35.5. The Balaban J connectivity index is 1.85. The van der Waals surface area contributed by atoms with Crippen LogP contribution in [0.1, 0.15) is 18.5 Å². The van der Waals surface area contributed by atoms with Crippen LogP contribution in [0.5, 0.6) is 0 Å². The Morgan fingerprint density at radius 3 is 2.69 bits per heavy atom. The van der Waals surface area contributed by atoms with Gasteiger partial charge in [0.05, 0.1) is 11.1 Å². The molecule has 0 saturated carbocycles. The highest BCUT2D eigenvalue weighted by Crippen LogP contribution is 2.31. The van der Waals surface area contributed by atoms with Gasteiger partial charge < -0.3 is 21.3 Å². The number of pyridine rings is 1. The molecule has 6 nitrogen and oxygen atoms in total. The summed E-state index contributed by atoms with van der Waals surface area (Å²) in [6.07, 6.45) is 1.77. The number of anilines is 2. The van der Waals surface area contributed by atoms with E-state index in [0.29, 0.717) is 18.8 Å². The number of benzene rings is 2. The molecule has 0 unspecified atom stereocenters. The predicted octanol–water partition coefficient (Wildman–Crippen LogP) is 4.62. The summed E-state index contributed by atoms with van der Waals surface area (Å²) in [6.45, 7) is 3.05. The molecule has 3 rings (SSSR count). The van der Waals surface area contributed by atoms with Gasteiger partial charge in [0.25, 0.3) is 0 Å². The fourth-order valence-corrected chi connectivity index (χ4v) is 3.23. The Morgan fingerprint density at radius 2 is 2.00 bits per heavy atom. The van der Waals surface area contributed by atoms with E-state index in [9.17, 15) is 9.18 Å². The number of carbonyl (C=O) groups excluding carboxylic acids is 1. The summed E-state index contributed by atoms with van der Waals surface area (Å²) in [5, 5.41) is 7.88. The molecule has 1 heterocycles. The van der Waals surface area contributed by atoms with E-state index in [-0.39, 0.29) is 17.1 Å². The zero-order valence-electron chi connectivity index (χ0n) is 16.2. The van der Waals surface area contributed by atoms with E-state index in [1.807, 2.05) is 31.2 Å². The molecule has 0 aliphatic heterocycles. The smallest absolute Gasteiger partial charge is 0.322 e. The number of rotatable bonds is 6. The second kappa shape index (κ2) is 9.07. The highest BCUT2D eigenvalue weighted by Gasteiger charge is 2.21.